The highest BCUT2D eigenvalue weighted by Gasteiger charge is 2.32. The van der Waals surface area contributed by atoms with Crippen LogP contribution in [0.1, 0.15) is 65.5 Å². The van der Waals surface area contributed by atoms with Crippen molar-refractivity contribution in [3.8, 4) is 0 Å². The van der Waals surface area contributed by atoms with Gasteiger partial charge in [0.1, 0.15) is 0 Å². The number of primary amides is 1. The molecule has 6 heteroatoms. The maximum Gasteiger partial charge on any atom is 0.251 e. The molecule has 1 saturated carbocycles. The smallest absolute Gasteiger partial charge is 0.251 e. The van der Waals surface area contributed by atoms with E-state index < -0.39 is 5.91 Å². The van der Waals surface area contributed by atoms with Crippen LogP contribution in [0.4, 0.5) is 0 Å². The molecule has 3 amide bonds. The van der Waals surface area contributed by atoms with Crippen LogP contribution in [0, 0.1) is 0 Å². The first-order valence-corrected chi connectivity index (χ1v) is 10.2. The summed E-state index contributed by atoms with van der Waals surface area (Å²) in [4.78, 5) is 38.2. The van der Waals surface area contributed by atoms with Crippen LogP contribution < -0.4 is 11.1 Å². The zero-order valence-corrected chi connectivity index (χ0v) is 17.8. The van der Waals surface area contributed by atoms with Crippen molar-refractivity contribution >= 4 is 17.7 Å². The Morgan fingerprint density at radius 3 is 2.03 bits per heavy atom. The Bertz CT molecular complexity index is 924. The Kier molecular flexibility index (Phi) is 6.25. The number of nitrogens with one attached hydrogen (secondary N) is 1. The number of hydrogen-bond acceptors (Lipinski definition) is 3. The number of carbonyl (C=O) groups is 3. The lowest BCUT2D eigenvalue weighted by atomic mass is 9.87. The van der Waals surface area contributed by atoms with E-state index in [2.05, 4.69) is 26.1 Å². The van der Waals surface area contributed by atoms with Crippen LogP contribution in [0.15, 0.2) is 48.5 Å². The number of rotatable bonds is 7. The monoisotopic (exact) mass is 407 g/mol. The summed E-state index contributed by atoms with van der Waals surface area (Å²) in [6, 6.07) is 14.6. The third-order valence-corrected chi connectivity index (χ3v) is 5.31. The summed E-state index contributed by atoms with van der Waals surface area (Å²) in [6.07, 6.45) is 1.93. The maximum absolute atomic E-state index is 12.8. The fraction of sp³-hybridized carbons (Fsp3) is 0.375. The summed E-state index contributed by atoms with van der Waals surface area (Å²) < 4.78 is 0. The molecule has 0 aliphatic heterocycles. The predicted molar refractivity (Wildman–Crippen MR) is 116 cm³/mol. The van der Waals surface area contributed by atoms with Gasteiger partial charge in [0.15, 0.2) is 0 Å². The third-order valence-electron chi connectivity index (χ3n) is 5.31. The van der Waals surface area contributed by atoms with Gasteiger partial charge in [-0.3, -0.25) is 14.4 Å². The van der Waals surface area contributed by atoms with Crippen molar-refractivity contribution in [2.24, 2.45) is 5.73 Å². The minimum atomic E-state index is -0.477. The Balaban J connectivity index is 1.59. The van der Waals surface area contributed by atoms with Crippen LogP contribution in [0.2, 0.25) is 0 Å². The van der Waals surface area contributed by atoms with Gasteiger partial charge < -0.3 is 16.0 Å². The van der Waals surface area contributed by atoms with E-state index in [1.165, 1.54) is 0 Å². The lowest BCUT2D eigenvalue weighted by Gasteiger charge is -2.23. The standard InChI is InChI=1S/C24H29N3O3/c1-24(2,3)19-10-8-18(9-11-19)23(30)26-14-21(28)27(20-12-13-20)15-16-4-6-17(7-5-16)22(25)29/h4-11,20H,12-15H2,1-3H3,(H2,25,29)(H,26,30). The highest BCUT2D eigenvalue weighted by molar-refractivity contribution is 5.96. The highest BCUT2D eigenvalue weighted by Crippen LogP contribution is 2.28. The summed E-state index contributed by atoms with van der Waals surface area (Å²) in [5, 5.41) is 2.74. The average Bonchev–Trinajstić information content (AvgIpc) is 3.55. The summed E-state index contributed by atoms with van der Waals surface area (Å²) in [5.41, 5.74) is 8.34. The van der Waals surface area contributed by atoms with E-state index in [0.717, 1.165) is 24.0 Å². The fourth-order valence-electron chi connectivity index (χ4n) is 3.26. The molecular formula is C24H29N3O3. The molecule has 0 bridgehead atoms. The van der Waals surface area contributed by atoms with Crippen LogP contribution in [0.3, 0.4) is 0 Å². The molecule has 0 saturated heterocycles. The van der Waals surface area contributed by atoms with E-state index in [-0.39, 0.29) is 29.8 Å². The van der Waals surface area contributed by atoms with E-state index in [0.29, 0.717) is 17.7 Å². The number of nitrogens with zero attached hydrogens (tertiary/aromatic N) is 1. The fourth-order valence-corrected chi connectivity index (χ4v) is 3.26. The second-order valence-electron chi connectivity index (χ2n) is 8.82. The second kappa shape index (κ2) is 8.69. The molecule has 0 heterocycles. The first kappa shape index (κ1) is 21.6. The number of benzene rings is 2. The van der Waals surface area contributed by atoms with E-state index in [1.807, 2.05) is 12.1 Å². The second-order valence-corrected chi connectivity index (χ2v) is 8.82. The van der Waals surface area contributed by atoms with Crippen molar-refractivity contribution in [1.82, 2.24) is 10.2 Å². The van der Waals surface area contributed by atoms with Gasteiger partial charge in [0.2, 0.25) is 11.8 Å². The van der Waals surface area contributed by atoms with Crippen LogP contribution >= 0.6 is 0 Å². The van der Waals surface area contributed by atoms with Crippen LogP contribution in [-0.2, 0) is 16.8 Å². The SMILES string of the molecule is CC(C)(C)c1ccc(C(=O)NCC(=O)N(Cc2ccc(C(N)=O)cc2)C2CC2)cc1. The molecule has 1 fully saturated rings. The first-order valence-electron chi connectivity index (χ1n) is 10.2. The van der Waals surface area contributed by atoms with Crippen molar-refractivity contribution in [1.29, 1.82) is 0 Å². The van der Waals surface area contributed by atoms with Gasteiger partial charge in [0, 0.05) is 23.7 Å². The van der Waals surface area contributed by atoms with E-state index in [9.17, 15) is 14.4 Å². The largest absolute Gasteiger partial charge is 0.366 e. The van der Waals surface area contributed by atoms with Crippen molar-refractivity contribution < 1.29 is 14.4 Å². The van der Waals surface area contributed by atoms with Crippen LogP contribution in [0.5, 0.6) is 0 Å². The maximum atomic E-state index is 12.8. The number of amides is 3. The van der Waals surface area contributed by atoms with Gasteiger partial charge in [-0.1, -0.05) is 45.0 Å². The minimum absolute atomic E-state index is 0.0192. The summed E-state index contributed by atoms with van der Waals surface area (Å²) in [5.74, 6) is -0.851. The van der Waals surface area contributed by atoms with Crippen LogP contribution in [-0.4, -0.2) is 35.2 Å². The molecule has 0 spiro atoms. The van der Waals surface area contributed by atoms with Gasteiger partial charge in [-0.15, -0.1) is 0 Å². The summed E-state index contributed by atoms with van der Waals surface area (Å²) >= 11 is 0. The van der Waals surface area contributed by atoms with Gasteiger partial charge in [-0.25, -0.2) is 0 Å². The molecule has 6 nitrogen and oxygen atoms in total. The molecule has 3 N–H and O–H groups in total. The van der Waals surface area contributed by atoms with Crippen molar-refractivity contribution in [3.63, 3.8) is 0 Å². The average molecular weight is 408 g/mol. The molecule has 158 valence electrons. The number of hydrogen-bond donors (Lipinski definition) is 2. The molecule has 1 aliphatic rings. The molecule has 2 aromatic rings. The van der Waals surface area contributed by atoms with Crippen LogP contribution in [0.25, 0.3) is 0 Å². The van der Waals surface area contributed by atoms with Gasteiger partial charge in [0.05, 0.1) is 6.54 Å². The first-order chi connectivity index (χ1) is 14.1. The zero-order chi connectivity index (χ0) is 21.9. The van der Waals surface area contributed by atoms with Crippen molar-refractivity contribution in [2.75, 3.05) is 6.54 Å². The van der Waals surface area contributed by atoms with Gasteiger partial charge in [-0.2, -0.15) is 0 Å². The Labute approximate surface area is 177 Å². The van der Waals surface area contributed by atoms with E-state index >= 15 is 0 Å². The summed E-state index contributed by atoms with van der Waals surface area (Å²) in [6.45, 7) is 6.76. The van der Waals surface area contributed by atoms with E-state index in [1.54, 1.807) is 41.3 Å². The Morgan fingerprint density at radius 1 is 0.967 bits per heavy atom. The van der Waals surface area contributed by atoms with Crippen molar-refractivity contribution in [2.45, 2.75) is 51.6 Å². The summed E-state index contributed by atoms with van der Waals surface area (Å²) in [7, 11) is 0. The Hall–Kier alpha value is -3.15. The Morgan fingerprint density at radius 2 is 1.53 bits per heavy atom. The lowest BCUT2D eigenvalue weighted by molar-refractivity contribution is -0.131. The third kappa shape index (κ3) is 5.47. The normalized spacial score (nSPS) is 13.6. The molecule has 0 radical (unpaired) electrons. The molecule has 3 rings (SSSR count). The van der Waals surface area contributed by atoms with Crippen molar-refractivity contribution in [3.05, 3.63) is 70.8 Å². The van der Waals surface area contributed by atoms with Gasteiger partial charge >= 0.3 is 0 Å². The minimum Gasteiger partial charge on any atom is -0.366 e. The topological polar surface area (TPSA) is 92.5 Å². The van der Waals surface area contributed by atoms with E-state index in [4.69, 9.17) is 5.73 Å². The zero-order valence-electron chi connectivity index (χ0n) is 17.8. The molecule has 30 heavy (non-hydrogen) atoms. The number of carbonyl (C=O) groups excluding carboxylic acids is 3. The lowest BCUT2D eigenvalue weighted by Crippen LogP contribution is -2.41. The van der Waals surface area contributed by atoms with Gasteiger partial charge in [-0.05, 0) is 53.6 Å². The molecule has 0 aromatic heterocycles. The van der Waals surface area contributed by atoms with Gasteiger partial charge in [0.25, 0.3) is 5.91 Å². The molecule has 2 aromatic carbocycles. The highest BCUT2D eigenvalue weighted by atomic mass is 16.2. The molecule has 0 unspecified atom stereocenters. The number of nitrogens with two attached hydrogens (primary N) is 1. The molecule has 1 aliphatic carbocycles. The molecular weight excluding hydrogens is 378 g/mol. The predicted octanol–water partition coefficient (Wildman–Crippen LogP) is 3.00. The molecule has 0 atom stereocenters. The quantitative estimate of drug-likeness (QED) is 0.739.